The molecule has 0 aliphatic rings. The fourth-order valence-electron chi connectivity index (χ4n) is 1.31. The molecular formula is C10H10BrNO2S. The summed E-state index contributed by atoms with van der Waals surface area (Å²) in [6, 6.07) is 3.53. The van der Waals surface area contributed by atoms with E-state index in [-0.39, 0.29) is 0 Å². The zero-order valence-corrected chi connectivity index (χ0v) is 10.5. The molecule has 1 unspecified atom stereocenters. The Hall–Kier alpha value is -0.650. The van der Waals surface area contributed by atoms with Gasteiger partial charge in [-0.1, -0.05) is 0 Å². The first-order valence-corrected chi connectivity index (χ1v) is 6.16. The Morgan fingerprint density at radius 1 is 1.60 bits per heavy atom. The first-order chi connectivity index (χ1) is 7.15. The fourth-order valence-corrected chi connectivity index (χ4v) is 2.25. The second-order valence-corrected chi connectivity index (χ2v) is 5.06. The van der Waals surface area contributed by atoms with Crippen LogP contribution in [0.1, 0.15) is 22.6 Å². The van der Waals surface area contributed by atoms with E-state index in [4.69, 9.17) is 4.42 Å². The van der Waals surface area contributed by atoms with E-state index in [9.17, 15) is 5.11 Å². The van der Waals surface area contributed by atoms with Crippen molar-refractivity contribution < 1.29 is 9.52 Å². The van der Waals surface area contributed by atoms with Crippen LogP contribution in [-0.2, 0) is 6.42 Å². The summed E-state index contributed by atoms with van der Waals surface area (Å²) in [7, 11) is 0. The minimum Gasteiger partial charge on any atom is -0.452 e. The number of halogens is 1. The molecule has 15 heavy (non-hydrogen) atoms. The highest BCUT2D eigenvalue weighted by Gasteiger charge is 2.14. The highest BCUT2D eigenvalue weighted by atomic mass is 79.9. The molecule has 0 aromatic carbocycles. The summed E-state index contributed by atoms with van der Waals surface area (Å²) >= 11 is 4.78. The Balaban J connectivity index is 2.06. The van der Waals surface area contributed by atoms with E-state index in [0.717, 1.165) is 10.7 Å². The molecule has 2 rings (SSSR count). The van der Waals surface area contributed by atoms with Gasteiger partial charge >= 0.3 is 0 Å². The molecule has 0 aliphatic carbocycles. The summed E-state index contributed by atoms with van der Waals surface area (Å²) in [4.78, 5) is 4.29. The molecular weight excluding hydrogens is 278 g/mol. The third-order valence-corrected chi connectivity index (χ3v) is 3.24. The normalized spacial score (nSPS) is 13.0. The fraction of sp³-hybridized carbons (Fsp3) is 0.300. The van der Waals surface area contributed by atoms with Gasteiger partial charge in [0.25, 0.3) is 0 Å². The molecule has 0 spiro atoms. The van der Waals surface area contributed by atoms with E-state index in [1.807, 2.05) is 12.3 Å². The molecule has 0 fully saturated rings. The van der Waals surface area contributed by atoms with Crippen molar-refractivity contribution in [1.29, 1.82) is 0 Å². The molecule has 2 heterocycles. The van der Waals surface area contributed by atoms with Gasteiger partial charge in [0.15, 0.2) is 4.67 Å². The standard InChI is InChI=1S/C10H10BrNO2S/c1-6-12-7(5-15-6)4-8(13)9-2-3-10(11)14-9/h2-3,5,8,13H,4H2,1H3. The maximum absolute atomic E-state index is 9.85. The lowest BCUT2D eigenvalue weighted by Crippen LogP contribution is -2.00. The van der Waals surface area contributed by atoms with E-state index in [1.165, 1.54) is 0 Å². The average Bonchev–Trinajstić information content (AvgIpc) is 2.75. The molecule has 0 aliphatic heterocycles. The third-order valence-electron chi connectivity index (χ3n) is 1.99. The summed E-state index contributed by atoms with van der Waals surface area (Å²) in [5.74, 6) is 0.563. The van der Waals surface area contributed by atoms with Gasteiger partial charge in [-0.05, 0) is 35.0 Å². The molecule has 0 saturated carbocycles. The van der Waals surface area contributed by atoms with E-state index in [1.54, 1.807) is 23.5 Å². The lowest BCUT2D eigenvalue weighted by Gasteiger charge is -2.04. The molecule has 1 N–H and O–H groups in total. The minimum atomic E-state index is -0.627. The first kappa shape index (κ1) is 10.9. The van der Waals surface area contributed by atoms with Gasteiger partial charge in [0.1, 0.15) is 11.9 Å². The molecule has 0 saturated heterocycles. The molecule has 0 bridgehead atoms. The van der Waals surface area contributed by atoms with Crippen LogP contribution in [0.4, 0.5) is 0 Å². The number of aryl methyl sites for hydroxylation is 1. The van der Waals surface area contributed by atoms with Crippen LogP contribution in [0.25, 0.3) is 0 Å². The molecule has 0 amide bonds. The minimum absolute atomic E-state index is 0.490. The maximum atomic E-state index is 9.85. The van der Waals surface area contributed by atoms with Crippen LogP contribution >= 0.6 is 27.3 Å². The van der Waals surface area contributed by atoms with Crippen LogP contribution in [0.3, 0.4) is 0 Å². The number of aromatic nitrogens is 1. The van der Waals surface area contributed by atoms with Crippen LogP contribution in [0.5, 0.6) is 0 Å². The number of nitrogens with zero attached hydrogens (tertiary/aromatic N) is 1. The van der Waals surface area contributed by atoms with E-state index in [0.29, 0.717) is 16.9 Å². The van der Waals surface area contributed by atoms with Gasteiger partial charge < -0.3 is 9.52 Å². The monoisotopic (exact) mass is 287 g/mol. The van der Waals surface area contributed by atoms with Crippen LogP contribution < -0.4 is 0 Å². The van der Waals surface area contributed by atoms with Gasteiger partial charge in [-0.15, -0.1) is 11.3 Å². The predicted octanol–water partition coefficient (Wildman–Crippen LogP) is 3.08. The zero-order valence-electron chi connectivity index (χ0n) is 8.11. The maximum Gasteiger partial charge on any atom is 0.169 e. The summed E-state index contributed by atoms with van der Waals surface area (Å²) in [5, 5.41) is 12.8. The van der Waals surface area contributed by atoms with Crippen molar-refractivity contribution in [3.05, 3.63) is 38.6 Å². The summed E-state index contributed by atoms with van der Waals surface area (Å²) in [6.07, 6.45) is -0.137. The van der Waals surface area contributed by atoms with Gasteiger partial charge in [0.05, 0.1) is 10.7 Å². The number of aliphatic hydroxyl groups is 1. The van der Waals surface area contributed by atoms with Gasteiger partial charge in [-0.3, -0.25) is 0 Å². The number of rotatable bonds is 3. The molecule has 1 atom stereocenters. The molecule has 80 valence electrons. The van der Waals surface area contributed by atoms with Crippen LogP contribution in [0.15, 0.2) is 26.6 Å². The molecule has 3 nitrogen and oxygen atoms in total. The van der Waals surface area contributed by atoms with Crippen LogP contribution in [0, 0.1) is 6.92 Å². The molecule has 2 aromatic rings. The Kier molecular flexibility index (Phi) is 3.23. The smallest absolute Gasteiger partial charge is 0.169 e. The molecule has 2 aromatic heterocycles. The number of aliphatic hydroxyl groups excluding tert-OH is 1. The Morgan fingerprint density at radius 3 is 2.93 bits per heavy atom. The first-order valence-electron chi connectivity index (χ1n) is 4.49. The lowest BCUT2D eigenvalue weighted by atomic mass is 10.2. The Labute approximate surface area is 99.9 Å². The quantitative estimate of drug-likeness (QED) is 0.944. The van der Waals surface area contributed by atoms with E-state index < -0.39 is 6.10 Å². The third kappa shape index (κ3) is 2.68. The Morgan fingerprint density at radius 2 is 2.40 bits per heavy atom. The summed E-state index contributed by atoms with van der Waals surface area (Å²) in [6.45, 7) is 1.95. The lowest BCUT2D eigenvalue weighted by molar-refractivity contribution is 0.148. The van der Waals surface area contributed by atoms with Crippen molar-refractivity contribution in [2.75, 3.05) is 0 Å². The van der Waals surface area contributed by atoms with Crippen molar-refractivity contribution in [3.8, 4) is 0 Å². The average molecular weight is 288 g/mol. The number of hydrogen-bond acceptors (Lipinski definition) is 4. The zero-order chi connectivity index (χ0) is 10.8. The second kappa shape index (κ2) is 4.47. The molecule has 0 radical (unpaired) electrons. The van der Waals surface area contributed by atoms with E-state index >= 15 is 0 Å². The van der Waals surface area contributed by atoms with Crippen molar-refractivity contribution in [2.24, 2.45) is 0 Å². The van der Waals surface area contributed by atoms with Gasteiger partial charge in [-0.25, -0.2) is 4.98 Å². The van der Waals surface area contributed by atoms with Gasteiger partial charge in [0.2, 0.25) is 0 Å². The second-order valence-electron chi connectivity index (χ2n) is 3.22. The number of thiazole rings is 1. The van der Waals surface area contributed by atoms with Crippen LogP contribution in [-0.4, -0.2) is 10.1 Å². The topological polar surface area (TPSA) is 46.3 Å². The number of furan rings is 1. The van der Waals surface area contributed by atoms with Crippen LogP contribution in [0.2, 0.25) is 0 Å². The largest absolute Gasteiger partial charge is 0.452 e. The highest BCUT2D eigenvalue weighted by Crippen LogP contribution is 2.23. The van der Waals surface area contributed by atoms with Crippen molar-refractivity contribution in [3.63, 3.8) is 0 Å². The van der Waals surface area contributed by atoms with Crippen molar-refractivity contribution in [1.82, 2.24) is 4.98 Å². The summed E-state index contributed by atoms with van der Waals surface area (Å²) < 4.78 is 5.90. The van der Waals surface area contributed by atoms with Gasteiger partial charge in [0, 0.05) is 11.8 Å². The highest BCUT2D eigenvalue weighted by molar-refractivity contribution is 9.10. The number of hydrogen-bond donors (Lipinski definition) is 1. The SMILES string of the molecule is Cc1nc(CC(O)c2ccc(Br)o2)cs1. The van der Waals surface area contributed by atoms with Crippen molar-refractivity contribution in [2.45, 2.75) is 19.4 Å². The Bertz CT molecular complexity index is 452. The molecule has 5 heteroatoms. The van der Waals surface area contributed by atoms with Crippen molar-refractivity contribution >= 4 is 27.3 Å². The predicted molar refractivity (Wildman–Crippen MR) is 61.9 cm³/mol. The van der Waals surface area contributed by atoms with Gasteiger partial charge in [-0.2, -0.15) is 0 Å². The summed E-state index contributed by atoms with van der Waals surface area (Å²) in [5.41, 5.74) is 0.900. The van der Waals surface area contributed by atoms with E-state index in [2.05, 4.69) is 20.9 Å².